The van der Waals surface area contributed by atoms with Gasteiger partial charge in [-0.3, -0.25) is 0 Å². The predicted molar refractivity (Wildman–Crippen MR) is 68.1 cm³/mol. The first kappa shape index (κ1) is 12.8. The van der Waals surface area contributed by atoms with E-state index in [0.717, 1.165) is 18.6 Å². The molecule has 1 aliphatic rings. The van der Waals surface area contributed by atoms with E-state index in [1.54, 1.807) is 13.2 Å². The van der Waals surface area contributed by atoms with Crippen LogP contribution in [0.15, 0.2) is 18.2 Å². The van der Waals surface area contributed by atoms with Crippen LogP contribution in [0.3, 0.4) is 0 Å². The molecule has 1 aliphatic heterocycles. The molecule has 3 unspecified atom stereocenters. The third-order valence-electron chi connectivity index (χ3n) is 3.22. The van der Waals surface area contributed by atoms with Crippen LogP contribution < -0.4 is 4.74 Å². The lowest BCUT2D eigenvalue weighted by Crippen LogP contribution is -2.19. The van der Waals surface area contributed by atoms with Crippen LogP contribution in [0.25, 0.3) is 0 Å². The molecule has 0 spiro atoms. The van der Waals surface area contributed by atoms with Crippen LogP contribution in [0, 0.1) is 11.7 Å². The fourth-order valence-electron chi connectivity index (χ4n) is 2.19. The molecular weight excluding hydrogens is 287 g/mol. The number of alkyl halides is 1. The van der Waals surface area contributed by atoms with Gasteiger partial charge in [0.15, 0.2) is 0 Å². The van der Waals surface area contributed by atoms with Crippen molar-refractivity contribution < 1.29 is 13.9 Å². The highest BCUT2D eigenvalue weighted by Crippen LogP contribution is 2.40. The van der Waals surface area contributed by atoms with Gasteiger partial charge in [0.25, 0.3) is 0 Å². The molecule has 2 nitrogen and oxygen atoms in total. The van der Waals surface area contributed by atoms with Gasteiger partial charge in [0.05, 0.1) is 18.0 Å². The minimum Gasteiger partial charge on any atom is -0.496 e. The number of methoxy groups -OCH3 is 1. The number of hydrogen-bond acceptors (Lipinski definition) is 2. The molecule has 1 saturated heterocycles. The van der Waals surface area contributed by atoms with E-state index in [9.17, 15) is 4.39 Å². The molecule has 2 rings (SSSR count). The summed E-state index contributed by atoms with van der Waals surface area (Å²) < 4.78 is 24.3. The maximum Gasteiger partial charge on any atom is 0.123 e. The second-order valence-corrected chi connectivity index (χ2v) is 5.38. The number of halogens is 2. The summed E-state index contributed by atoms with van der Waals surface area (Å²) in [7, 11) is 1.59. The highest BCUT2D eigenvalue weighted by Gasteiger charge is 2.33. The SMILES string of the molecule is COc1ccc(F)cc1C(Br)C1OCCC1C. The van der Waals surface area contributed by atoms with Gasteiger partial charge in [-0.2, -0.15) is 0 Å². The average Bonchev–Trinajstić information content (AvgIpc) is 2.74. The molecule has 3 atom stereocenters. The standard InChI is InChI=1S/C13H16BrFO2/c1-8-5-6-17-13(8)12(14)10-7-9(15)3-4-11(10)16-2/h3-4,7-8,12-13H,5-6H2,1-2H3. The lowest BCUT2D eigenvalue weighted by molar-refractivity contribution is 0.0929. The first-order valence-electron chi connectivity index (χ1n) is 5.72. The maximum absolute atomic E-state index is 13.3. The molecule has 0 aliphatic carbocycles. The number of ether oxygens (including phenoxy) is 2. The molecular formula is C13H16BrFO2. The highest BCUT2D eigenvalue weighted by molar-refractivity contribution is 9.09. The van der Waals surface area contributed by atoms with Crippen molar-refractivity contribution in [3.05, 3.63) is 29.6 Å². The fraction of sp³-hybridized carbons (Fsp3) is 0.538. The molecule has 1 aromatic carbocycles. The Balaban J connectivity index is 2.28. The molecule has 1 fully saturated rings. The van der Waals surface area contributed by atoms with Crippen molar-refractivity contribution in [2.45, 2.75) is 24.3 Å². The quantitative estimate of drug-likeness (QED) is 0.793. The van der Waals surface area contributed by atoms with Crippen LogP contribution >= 0.6 is 15.9 Å². The van der Waals surface area contributed by atoms with E-state index in [0.29, 0.717) is 11.7 Å². The molecule has 0 saturated carbocycles. The van der Waals surface area contributed by atoms with E-state index >= 15 is 0 Å². The summed E-state index contributed by atoms with van der Waals surface area (Å²) in [6.45, 7) is 2.92. The first-order valence-corrected chi connectivity index (χ1v) is 6.64. The molecule has 1 heterocycles. The Morgan fingerprint density at radius 1 is 1.53 bits per heavy atom. The van der Waals surface area contributed by atoms with E-state index in [2.05, 4.69) is 22.9 Å². The van der Waals surface area contributed by atoms with Crippen LogP contribution in [0.2, 0.25) is 0 Å². The van der Waals surface area contributed by atoms with Gasteiger partial charge in [0, 0.05) is 12.2 Å². The summed E-state index contributed by atoms with van der Waals surface area (Å²) in [6.07, 6.45) is 1.12. The van der Waals surface area contributed by atoms with Crippen molar-refractivity contribution in [3.63, 3.8) is 0 Å². The maximum atomic E-state index is 13.3. The molecule has 1 aromatic rings. The van der Waals surface area contributed by atoms with Crippen LogP contribution in [-0.4, -0.2) is 19.8 Å². The molecule has 0 N–H and O–H groups in total. The molecule has 0 bridgehead atoms. The average molecular weight is 303 g/mol. The van der Waals surface area contributed by atoms with E-state index < -0.39 is 0 Å². The second-order valence-electron chi connectivity index (χ2n) is 4.39. The summed E-state index contributed by atoms with van der Waals surface area (Å²) in [6, 6.07) is 4.56. The molecule has 94 valence electrons. The zero-order valence-electron chi connectivity index (χ0n) is 9.95. The van der Waals surface area contributed by atoms with Gasteiger partial charge in [-0.15, -0.1) is 0 Å². The largest absolute Gasteiger partial charge is 0.496 e. The predicted octanol–water partition coefficient (Wildman–Crippen LogP) is 3.70. The Morgan fingerprint density at radius 3 is 2.88 bits per heavy atom. The van der Waals surface area contributed by atoms with Crippen LogP contribution in [0.5, 0.6) is 5.75 Å². The van der Waals surface area contributed by atoms with Crippen molar-refractivity contribution in [2.24, 2.45) is 5.92 Å². The molecule has 0 aromatic heterocycles. The van der Waals surface area contributed by atoms with Crippen LogP contribution in [-0.2, 0) is 4.74 Å². The van der Waals surface area contributed by atoms with Crippen molar-refractivity contribution in [3.8, 4) is 5.75 Å². The van der Waals surface area contributed by atoms with Gasteiger partial charge in [0.2, 0.25) is 0 Å². The van der Waals surface area contributed by atoms with Crippen molar-refractivity contribution in [1.29, 1.82) is 0 Å². The number of benzene rings is 1. The van der Waals surface area contributed by atoms with E-state index in [-0.39, 0.29) is 16.7 Å². The van der Waals surface area contributed by atoms with Crippen molar-refractivity contribution in [1.82, 2.24) is 0 Å². The molecule has 4 heteroatoms. The zero-order chi connectivity index (χ0) is 12.4. The lowest BCUT2D eigenvalue weighted by Gasteiger charge is -2.23. The smallest absolute Gasteiger partial charge is 0.123 e. The van der Waals surface area contributed by atoms with Crippen molar-refractivity contribution >= 4 is 15.9 Å². The fourth-order valence-corrected chi connectivity index (χ4v) is 3.22. The van der Waals surface area contributed by atoms with Crippen molar-refractivity contribution in [2.75, 3.05) is 13.7 Å². The minimum absolute atomic E-state index is 0.0364. The number of rotatable bonds is 3. The van der Waals surface area contributed by atoms with Gasteiger partial charge in [-0.1, -0.05) is 22.9 Å². The number of hydrogen-bond donors (Lipinski definition) is 0. The first-order chi connectivity index (χ1) is 8.13. The Morgan fingerprint density at radius 2 is 2.29 bits per heavy atom. The lowest BCUT2D eigenvalue weighted by atomic mass is 9.97. The van der Waals surface area contributed by atoms with Gasteiger partial charge in [0.1, 0.15) is 11.6 Å². The van der Waals surface area contributed by atoms with E-state index in [4.69, 9.17) is 9.47 Å². The topological polar surface area (TPSA) is 18.5 Å². The zero-order valence-corrected chi connectivity index (χ0v) is 11.5. The second kappa shape index (κ2) is 5.36. The van der Waals surface area contributed by atoms with Gasteiger partial charge >= 0.3 is 0 Å². The van der Waals surface area contributed by atoms with E-state index in [1.165, 1.54) is 12.1 Å². The molecule has 17 heavy (non-hydrogen) atoms. The third kappa shape index (κ3) is 2.63. The van der Waals surface area contributed by atoms with Gasteiger partial charge in [-0.05, 0) is 30.5 Å². The summed E-state index contributed by atoms with van der Waals surface area (Å²) >= 11 is 3.61. The summed E-state index contributed by atoms with van der Waals surface area (Å²) in [5, 5.41) is 0. The third-order valence-corrected chi connectivity index (χ3v) is 4.24. The van der Waals surface area contributed by atoms with Gasteiger partial charge < -0.3 is 9.47 Å². The Bertz CT molecular complexity index is 397. The Hall–Kier alpha value is -0.610. The van der Waals surface area contributed by atoms with Crippen LogP contribution in [0.4, 0.5) is 4.39 Å². The Labute approximate surface area is 109 Å². The summed E-state index contributed by atoms with van der Waals surface area (Å²) in [5.41, 5.74) is 0.811. The molecule has 0 radical (unpaired) electrons. The monoisotopic (exact) mass is 302 g/mol. The highest BCUT2D eigenvalue weighted by atomic mass is 79.9. The Kier molecular flexibility index (Phi) is 4.05. The normalized spacial score (nSPS) is 25.9. The summed E-state index contributed by atoms with van der Waals surface area (Å²) in [4.78, 5) is -0.0364. The van der Waals surface area contributed by atoms with E-state index in [1.807, 2.05) is 0 Å². The van der Waals surface area contributed by atoms with Gasteiger partial charge in [-0.25, -0.2) is 4.39 Å². The van der Waals surface area contributed by atoms with Crippen LogP contribution in [0.1, 0.15) is 23.7 Å². The molecule has 0 amide bonds. The summed E-state index contributed by atoms with van der Waals surface area (Å²) in [5.74, 6) is 0.902. The minimum atomic E-state index is -0.254.